The number of hydrogen-bond acceptors (Lipinski definition) is 3. The van der Waals surface area contributed by atoms with Gasteiger partial charge in [-0.15, -0.1) is 0 Å². The monoisotopic (exact) mass is 292 g/mol. The highest BCUT2D eigenvalue weighted by Crippen LogP contribution is 2.26. The Hall–Kier alpha value is -1.22. The van der Waals surface area contributed by atoms with Crippen LogP contribution in [0.3, 0.4) is 0 Å². The molecule has 1 N–H and O–H groups in total. The average Bonchev–Trinajstić information content (AvgIpc) is 2.44. The van der Waals surface area contributed by atoms with Crippen molar-refractivity contribution in [2.24, 2.45) is 5.41 Å². The molecule has 1 atom stereocenters. The van der Waals surface area contributed by atoms with Gasteiger partial charge < -0.3 is 15.0 Å². The molecular formula is C18H32N2O. The predicted molar refractivity (Wildman–Crippen MR) is 92.4 cm³/mol. The molecule has 0 aliphatic carbocycles. The topological polar surface area (TPSA) is 24.5 Å². The lowest BCUT2D eigenvalue weighted by Crippen LogP contribution is -2.46. The first-order valence-corrected chi connectivity index (χ1v) is 7.79. The molecule has 0 aliphatic heterocycles. The normalized spacial score (nSPS) is 14.6. The van der Waals surface area contributed by atoms with Crippen LogP contribution >= 0.6 is 0 Å². The second kappa shape index (κ2) is 7.17. The van der Waals surface area contributed by atoms with E-state index >= 15 is 0 Å². The van der Waals surface area contributed by atoms with Crippen LogP contribution in [0.2, 0.25) is 0 Å². The van der Waals surface area contributed by atoms with E-state index in [9.17, 15) is 0 Å². The molecule has 1 aromatic rings. The lowest BCUT2D eigenvalue weighted by molar-refractivity contribution is 0.262. The molecule has 3 heteroatoms. The summed E-state index contributed by atoms with van der Waals surface area (Å²) in [7, 11) is 3.86. The molecule has 0 fully saturated rings. The number of nitrogens with zero attached hydrogens (tertiary/aromatic N) is 1. The molecule has 0 spiro atoms. The van der Waals surface area contributed by atoms with Crippen molar-refractivity contribution in [3.8, 4) is 5.75 Å². The van der Waals surface area contributed by atoms with Gasteiger partial charge in [-0.2, -0.15) is 0 Å². The fraction of sp³-hybridized carbons (Fsp3) is 0.667. The van der Waals surface area contributed by atoms with Crippen molar-refractivity contribution in [3.05, 3.63) is 24.3 Å². The summed E-state index contributed by atoms with van der Waals surface area (Å²) in [5.41, 5.74) is 1.64. The zero-order chi connectivity index (χ0) is 16.1. The summed E-state index contributed by atoms with van der Waals surface area (Å²) in [6.45, 7) is 13.3. The lowest BCUT2D eigenvalue weighted by Gasteiger charge is -2.37. The molecule has 0 aromatic heterocycles. The first-order valence-electron chi connectivity index (χ1n) is 7.79. The second-order valence-electron chi connectivity index (χ2n) is 7.32. The molecule has 1 rings (SSSR count). The summed E-state index contributed by atoms with van der Waals surface area (Å²) in [6.07, 6.45) is 1.15. The molecule has 0 heterocycles. The third kappa shape index (κ3) is 5.96. The highest BCUT2D eigenvalue weighted by molar-refractivity contribution is 5.48. The Morgan fingerprint density at radius 1 is 1.10 bits per heavy atom. The summed E-state index contributed by atoms with van der Waals surface area (Å²) < 4.78 is 5.22. The van der Waals surface area contributed by atoms with Crippen LogP contribution < -0.4 is 15.0 Å². The Morgan fingerprint density at radius 3 is 2.10 bits per heavy atom. The lowest BCUT2D eigenvalue weighted by atomic mass is 9.86. The van der Waals surface area contributed by atoms with Crippen molar-refractivity contribution >= 4 is 5.69 Å². The van der Waals surface area contributed by atoms with Crippen molar-refractivity contribution in [1.29, 1.82) is 0 Å². The van der Waals surface area contributed by atoms with Gasteiger partial charge in [-0.25, -0.2) is 0 Å². The Balaban J connectivity index is 2.69. The minimum Gasteiger partial charge on any atom is -0.497 e. The maximum atomic E-state index is 5.22. The first kappa shape index (κ1) is 17.8. The van der Waals surface area contributed by atoms with Gasteiger partial charge >= 0.3 is 0 Å². The van der Waals surface area contributed by atoms with Crippen LogP contribution in [-0.2, 0) is 0 Å². The van der Waals surface area contributed by atoms with Crippen LogP contribution in [0.4, 0.5) is 5.69 Å². The standard InChI is InChI=1S/C18H32N2O/c1-8-18(5,13-19-17(2,3)4)14-20(6)15-9-11-16(21-7)12-10-15/h9-12,19H,8,13-14H2,1-7H3. The van der Waals surface area contributed by atoms with E-state index in [1.807, 2.05) is 12.1 Å². The van der Waals surface area contributed by atoms with E-state index < -0.39 is 0 Å². The minimum absolute atomic E-state index is 0.162. The van der Waals surface area contributed by atoms with Gasteiger partial charge in [0.2, 0.25) is 0 Å². The smallest absolute Gasteiger partial charge is 0.119 e. The number of benzene rings is 1. The second-order valence-corrected chi connectivity index (χ2v) is 7.32. The molecule has 1 aromatic carbocycles. The maximum absolute atomic E-state index is 5.22. The van der Waals surface area contributed by atoms with E-state index in [4.69, 9.17) is 4.74 Å². The third-order valence-electron chi connectivity index (χ3n) is 4.03. The molecule has 0 radical (unpaired) electrons. The Kier molecular flexibility index (Phi) is 6.09. The van der Waals surface area contributed by atoms with Crippen LogP contribution in [-0.4, -0.2) is 32.8 Å². The van der Waals surface area contributed by atoms with Crippen LogP contribution in [0.1, 0.15) is 41.0 Å². The summed E-state index contributed by atoms with van der Waals surface area (Å²) in [5, 5.41) is 3.64. The van der Waals surface area contributed by atoms with Crippen LogP contribution in [0.5, 0.6) is 5.75 Å². The molecule has 21 heavy (non-hydrogen) atoms. The minimum atomic E-state index is 0.162. The number of rotatable bonds is 7. The summed E-state index contributed by atoms with van der Waals surface area (Å²) in [6, 6.07) is 8.27. The number of methoxy groups -OCH3 is 1. The van der Waals surface area contributed by atoms with Gasteiger partial charge in [0.05, 0.1) is 7.11 Å². The van der Waals surface area contributed by atoms with Gasteiger partial charge in [-0.05, 0) is 56.9 Å². The molecule has 3 nitrogen and oxygen atoms in total. The molecule has 120 valence electrons. The zero-order valence-electron chi connectivity index (χ0n) is 14.8. The number of hydrogen-bond donors (Lipinski definition) is 1. The largest absolute Gasteiger partial charge is 0.497 e. The Bertz CT molecular complexity index is 422. The Morgan fingerprint density at radius 2 is 1.67 bits per heavy atom. The van der Waals surface area contributed by atoms with E-state index in [0.717, 1.165) is 25.3 Å². The van der Waals surface area contributed by atoms with Gasteiger partial charge in [0.1, 0.15) is 5.75 Å². The third-order valence-corrected chi connectivity index (χ3v) is 4.03. The summed E-state index contributed by atoms with van der Waals surface area (Å²) in [4.78, 5) is 2.33. The molecule has 0 aliphatic rings. The van der Waals surface area contributed by atoms with Gasteiger partial charge in [0.25, 0.3) is 0 Å². The van der Waals surface area contributed by atoms with Crippen LogP contribution in [0.25, 0.3) is 0 Å². The maximum Gasteiger partial charge on any atom is 0.119 e. The van der Waals surface area contributed by atoms with Crippen molar-refractivity contribution in [1.82, 2.24) is 5.32 Å². The summed E-state index contributed by atoms with van der Waals surface area (Å²) >= 11 is 0. The van der Waals surface area contributed by atoms with Gasteiger partial charge in [-0.3, -0.25) is 0 Å². The molecule has 0 amide bonds. The van der Waals surface area contributed by atoms with Gasteiger partial charge in [0, 0.05) is 31.4 Å². The number of anilines is 1. The van der Waals surface area contributed by atoms with Crippen molar-refractivity contribution in [2.45, 2.75) is 46.6 Å². The van der Waals surface area contributed by atoms with Crippen molar-refractivity contribution in [2.75, 3.05) is 32.1 Å². The first-order chi connectivity index (χ1) is 9.69. The van der Waals surface area contributed by atoms with Gasteiger partial charge in [-0.1, -0.05) is 13.8 Å². The SMILES string of the molecule is CCC(C)(CNC(C)(C)C)CN(C)c1ccc(OC)cc1. The number of nitrogens with one attached hydrogen (secondary N) is 1. The van der Waals surface area contributed by atoms with E-state index in [0.29, 0.717) is 0 Å². The predicted octanol–water partition coefficient (Wildman–Crippen LogP) is 3.94. The van der Waals surface area contributed by atoms with Crippen LogP contribution in [0.15, 0.2) is 24.3 Å². The number of ether oxygens (including phenoxy) is 1. The van der Waals surface area contributed by atoms with E-state index in [1.165, 1.54) is 5.69 Å². The zero-order valence-corrected chi connectivity index (χ0v) is 14.8. The van der Waals surface area contributed by atoms with Crippen molar-refractivity contribution in [3.63, 3.8) is 0 Å². The molecular weight excluding hydrogens is 260 g/mol. The Labute approximate surface area is 130 Å². The summed E-state index contributed by atoms with van der Waals surface area (Å²) in [5.74, 6) is 0.903. The molecule has 1 unspecified atom stereocenters. The highest BCUT2D eigenvalue weighted by atomic mass is 16.5. The van der Waals surface area contributed by atoms with E-state index in [2.05, 4.69) is 64.0 Å². The van der Waals surface area contributed by atoms with Crippen LogP contribution in [0, 0.1) is 5.41 Å². The van der Waals surface area contributed by atoms with E-state index in [-0.39, 0.29) is 11.0 Å². The molecule has 0 saturated carbocycles. The fourth-order valence-corrected chi connectivity index (χ4v) is 2.27. The van der Waals surface area contributed by atoms with E-state index in [1.54, 1.807) is 7.11 Å². The molecule has 0 bridgehead atoms. The highest BCUT2D eigenvalue weighted by Gasteiger charge is 2.26. The van der Waals surface area contributed by atoms with Crippen molar-refractivity contribution < 1.29 is 4.74 Å². The fourth-order valence-electron chi connectivity index (χ4n) is 2.27. The van der Waals surface area contributed by atoms with Gasteiger partial charge in [0.15, 0.2) is 0 Å². The quantitative estimate of drug-likeness (QED) is 0.824. The average molecular weight is 292 g/mol. The molecule has 0 saturated heterocycles.